The number of hydrogen-bond acceptors (Lipinski definition) is 3. The molecule has 2 aromatic rings. The fourth-order valence-electron chi connectivity index (χ4n) is 1.42. The summed E-state index contributed by atoms with van der Waals surface area (Å²) in [6, 6.07) is 12.4. The van der Waals surface area contributed by atoms with Gasteiger partial charge in [-0.1, -0.05) is 24.3 Å². The monoisotopic (exact) mass is 269 g/mol. The summed E-state index contributed by atoms with van der Waals surface area (Å²) in [4.78, 5) is 3.64. The van der Waals surface area contributed by atoms with E-state index in [9.17, 15) is 13.2 Å². The first kappa shape index (κ1) is 13.4. The second-order valence-corrected chi connectivity index (χ2v) is 3.76. The zero-order valence-corrected chi connectivity index (χ0v) is 9.63. The molecule has 0 radical (unpaired) electrons. The molecule has 0 aliphatic carbocycles. The predicted molar refractivity (Wildman–Crippen MR) is 61.8 cm³/mol. The molecule has 1 atom stereocenters. The van der Waals surface area contributed by atoms with Crippen LogP contribution in [-0.4, -0.2) is 16.3 Å². The van der Waals surface area contributed by atoms with Crippen LogP contribution in [0.3, 0.4) is 0 Å². The molecule has 0 aliphatic rings. The summed E-state index contributed by atoms with van der Waals surface area (Å²) in [7, 11) is 0. The Labute approximate surface area is 107 Å². The molecule has 0 saturated carbocycles. The van der Waals surface area contributed by atoms with Gasteiger partial charge in [-0.25, -0.2) is 4.98 Å². The third kappa shape index (κ3) is 3.45. The minimum absolute atomic E-state index is 0.00741. The summed E-state index contributed by atoms with van der Waals surface area (Å²) in [6.45, 7) is 0. The van der Waals surface area contributed by atoms with E-state index in [4.69, 9.17) is 9.84 Å². The first-order valence-corrected chi connectivity index (χ1v) is 5.41. The lowest BCUT2D eigenvalue weighted by Gasteiger charge is -2.14. The van der Waals surface area contributed by atoms with Crippen LogP contribution in [0.4, 0.5) is 13.2 Å². The molecule has 0 aliphatic heterocycles. The van der Waals surface area contributed by atoms with Gasteiger partial charge in [0.2, 0.25) is 5.88 Å². The van der Waals surface area contributed by atoms with Gasteiger partial charge in [0.05, 0.1) is 5.69 Å². The molecule has 0 unspecified atom stereocenters. The van der Waals surface area contributed by atoms with Crippen LogP contribution < -0.4 is 4.74 Å². The van der Waals surface area contributed by atoms with Crippen molar-refractivity contribution in [3.8, 4) is 11.6 Å². The van der Waals surface area contributed by atoms with Crippen LogP contribution in [0.15, 0.2) is 48.5 Å². The van der Waals surface area contributed by atoms with Gasteiger partial charge in [-0.3, -0.25) is 0 Å². The van der Waals surface area contributed by atoms with Crippen molar-refractivity contribution in [3.05, 3.63) is 54.2 Å². The summed E-state index contributed by atoms with van der Waals surface area (Å²) in [5.74, 6) is 0.445. The Morgan fingerprint density at radius 2 is 1.68 bits per heavy atom. The van der Waals surface area contributed by atoms with Gasteiger partial charge in [-0.2, -0.15) is 13.2 Å². The fraction of sp³-hybridized carbons (Fsp3) is 0.154. The number of para-hydroxylation sites is 1. The van der Waals surface area contributed by atoms with Crippen LogP contribution in [-0.2, 0) is 0 Å². The number of benzene rings is 1. The lowest BCUT2D eigenvalue weighted by molar-refractivity contribution is -0.208. The first-order valence-electron chi connectivity index (χ1n) is 5.41. The molecule has 100 valence electrons. The minimum Gasteiger partial charge on any atom is -0.439 e. The van der Waals surface area contributed by atoms with E-state index in [-0.39, 0.29) is 5.88 Å². The van der Waals surface area contributed by atoms with Crippen LogP contribution in [0.1, 0.15) is 11.8 Å². The quantitative estimate of drug-likeness (QED) is 0.927. The smallest absolute Gasteiger partial charge is 0.420 e. The van der Waals surface area contributed by atoms with Crippen molar-refractivity contribution in [1.82, 2.24) is 4.98 Å². The average Bonchev–Trinajstić information content (AvgIpc) is 2.38. The van der Waals surface area contributed by atoms with E-state index >= 15 is 0 Å². The molecular formula is C13H10F3NO2. The third-order valence-electron chi connectivity index (χ3n) is 2.30. The second kappa shape index (κ2) is 5.27. The molecule has 0 spiro atoms. The Balaban J connectivity index is 2.20. The van der Waals surface area contributed by atoms with Gasteiger partial charge in [-0.05, 0) is 18.2 Å². The highest BCUT2D eigenvalue weighted by Crippen LogP contribution is 2.32. The Morgan fingerprint density at radius 1 is 1.00 bits per heavy atom. The number of nitrogens with zero attached hydrogens (tertiary/aromatic N) is 1. The summed E-state index contributed by atoms with van der Waals surface area (Å²) in [5.41, 5.74) is -0.499. The van der Waals surface area contributed by atoms with Crippen molar-refractivity contribution in [2.45, 2.75) is 12.3 Å². The molecule has 0 fully saturated rings. The first-order chi connectivity index (χ1) is 8.97. The number of ether oxygens (including phenoxy) is 1. The van der Waals surface area contributed by atoms with E-state index < -0.39 is 18.0 Å². The number of rotatable bonds is 3. The maximum atomic E-state index is 12.4. The molecule has 6 heteroatoms. The van der Waals surface area contributed by atoms with Gasteiger partial charge < -0.3 is 9.84 Å². The highest BCUT2D eigenvalue weighted by atomic mass is 19.4. The van der Waals surface area contributed by atoms with Gasteiger partial charge in [-0.15, -0.1) is 0 Å². The maximum absolute atomic E-state index is 12.4. The largest absolute Gasteiger partial charge is 0.439 e. The van der Waals surface area contributed by atoms with E-state index in [1.807, 2.05) is 0 Å². The zero-order valence-electron chi connectivity index (χ0n) is 9.63. The predicted octanol–water partition coefficient (Wildman–Crippen LogP) is 3.47. The molecule has 1 heterocycles. The van der Waals surface area contributed by atoms with Crippen molar-refractivity contribution in [1.29, 1.82) is 0 Å². The van der Waals surface area contributed by atoms with Crippen LogP contribution >= 0.6 is 0 Å². The Morgan fingerprint density at radius 3 is 2.32 bits per heavy atom. The lowest BCUT2D eigenvalue weighted by atomic mass is 10.2. The lowest BCUT2D eigenvalue weighted by Crippen LogP contribution is -2.21. The summed E-state index contributed by atoms with van der Waals surface area (Å²) in [5, 5.41) is 9.10. The molecule has 19 heavy (non-hydrogen) atoms. The highest BCUT2D eigenvalue weighted by molar-refractivity contribution is 5.27. The number of pyridine rings is 1. The van der Waals surface area contributed by atoms with Gasteiger partial charge in [0.25, 0.3) is 0 Å². The Bertz CT molecular complexity index is 543. The summed E-state index contributed by atoms with van der Waals surface area (Å²) >= 11 is 0. The van der Waals surface area contributed by atoms with E-state index in [0.717, 1.165) is 6.07 Å². The van der Waals surface area contributed by atoms with Gasteiger partial charge in [0.15, 0.2) is 6.10 Å². The van der Waals surface area contributed by atoms with Crippen molar-refractivity contribution in [2.24, 2.45) is 0 Å². The standard InChI is InChI=1S/C13H10F3NO2/c14-13(15,16)12(18)10-7-4-8-11(17-10)19-9-5-2-1-3-6-9/h1-8,12,18H/t12-/m0/s1. The Kier molecular flexibility index (Phi) is 3.71. The number of alkyl halides is 3. The van der Waals surface area contributed by atoms with E-state index in [1.165, 1.54) is 12.1 Å². The molecule has 0 bridgehead atoms. The maximum Gasteiger partial charge on any atom is 0.420 e. The molecule has 0 saturated heterocycles. The summed E-state index contributed by atoms with van der Waals surface area (Å²) in [6.07, 6.45) is -7.37. The fourth-order valence-corrected chi connectivity index (χ4v) is 1.42. The highest BCUT2D eigenvalue weighted by Gasteiger charge is 2.40. The summed E-state index contributed by atoms with van der Waals surface area (Å²) < 4.78 is 42.4. The zero-order chi connectivity index (χ0) is 13.9. The minimum atomic E-state index is -4.75. The van der Waals surface area contributed by atoms with Crippen molar-refractivity contribution >= 4 is 0 Å². The van der Waals surface area contributed by atoms with E-state index in [2.05, 4.69) is 4.98 Å². The number of aromatic nitrogens is 1. The van der Waals surface area contributed by atoms with E-state index in [1.54, 1.807) is 30.3 Å². The van der Waals surface area contributed by atoms with Gasteiger partial charge in [0.1, 0.15) is 5.75 Å². The van der Waals surface area contributed by atoms with Crippen molar-refractivity contribution in [3.63, 3.8) is 0 Å². The Hall–Kier alpha value is -2.08. The van der Waals surface area contributed by atoms with Crippen LogP contribution in [0, 0.1) is 0 Å². The van der Waals surface area contributed by atoms with Crippen molar-refractivity contribution < 1.29 is 23.0 Å². The van der Waals surface area contributed by atoms with Gasteiger partial charge >= 0.3 is 6.18 Å². The number of aliphatic hydroxyl groups excluding tert-OH is 1. The van der Waals surface area contributed by atoms with Crippen LogP contribution in [0.5, 0.6) is 11.6 Å². The van der Waals surface area contributed by atoms with Crippen LogP contribution in [0.2, 0.25) is 0 Å². The van der Waals surface area contributed by atoms with Crippen molar-refractivity contribution in [2.75, 3.05) is 0 Å². The topological polar surface area (TPSA) is 42.4 Å². The van der Waals surface area contributed by atoms with Gasteiger partial charge in [0, 0.05) is 6.07 Å². The molecule has 0 amide bonds. The third-order valence-corrected chi connectivity index (χ3v) is 2.30. The second-order valence-electron chi connectivity index (χ2n) is 3.76. The average molecular weight is 269 g/mol. The molecule has 3 nitrogen and oxygen atoms in total. The number of aliphatic hydroxyl groups is 1. The normalized spacial score (nSPS) is 13.1. The van der Waals surface area contributed by atoms with Crippen LogP contribution in [0.25, 0.3) is 0 Å². The molecular weight excluding hydrogens is 259 g/mol. The molecule has 1 aromatic carbocycles. The SMILES string of the molecule is O[C@@H](c1cccc(Oc2ccccc2)n1)C(F)(F)F. The van der Waals surface area contributed by atoms with E-state index in [0.29, 0.717) is 5.75 Å². The molecule has 2 rings (SSSR count). The number of hydrogen-bond donors (Lipinski definition) is 1. The number of halogens is 3. The molecule has 1 aromatic heterocycles. The molecule has 1 N–H and O–H groups in total.